The van der Waals surface area contributed by atoms with Crippen molar-refractivity contribution in [3.05, 3.63) is 207 Å². The first-order valence-electron chi connectivity index (χ1n) is 20.3. The molecule has 0 atom stereocenters. The van der Waals surface area contributed by atoms with Gasteiger partial charge in [-0.05, 0) is 70.7 Å². The van der Waals surface area contributed by atoms with Crippen LogP contribution >= 0.6 is 0 Å². The normalized spacial score (nSPS) is 12.8. The van der Waals surface area contributed by atoms with Gasteiger partial charge in [0.25, 0.3) is 0 Å². The van der Waals surface area contributed by atoms with Gasteiger partial charge in [0, 0.05) is 72.5 Å². The molecule has 1 aliphatic rings. The molecule has 0 amide bonds. The van der Waals surface area contributed by atoms with Crippen LogP contribution in [0, 0.1) is 18.8 Å². The molecule has 7 aromatic carbocycles. The van der Waals surface area contributed by atoms with Gasteiger partial charge in [-0.3, -0.25) is 0 Å². The second kappa shape index (κ2) is 15.3. The predicted molar refractivity (Wildman–Crippen MR) is 246 cm³/mol. The SMILES string of the molecule is CC(C)(C)c1cc(Oc2[c-]c3c(cc2)c2cc(-c4ccccc4)ccc2n3-c2cc3c(cn2)c2ccccc2n3-c2ccccc2)[c-]c(N2C=CN(c3ccccc3)[CH-]2)c1.[Pt]. The van der Waals surface area contributed by atoms with Crippen molar-refractivity contribution in [3.8, 4) is 34.1 Å². The van der Waals surface area contributed by atoms with E-state index in [0.717, 1.165) is 77.6 Å². The second-order valence-electron chi connectivity index (χ2n) is 16.3. The molecule has 4 heterocycles. The minimum absolute atomic E-state index is 0. The molecule has 61 heavy (non-hydrogen) atoms. The van der Waals surface area contributed by atoms with E-state index in [2.05, 4.69) is 210 Å². The van der Waals surface area contributed by atoms with E-state index < -0.39 is 0 Å². The van der Waals surface area contributed by atoms with E-state index in [1.54, 1.807) is 0 Å². The zero-order chi connectivity index (χ0) is 40.4. The van der Waals surface area contributed by atoms with Crippen LogP contribution < -0.4 is 14.5 Å². The number of rotatable bonds is 7. The molecule has 0 N–H and O–H groups in total. The molecule has 0 spiro atoms. The van der Waals surface area contributed by atoms with E-state index in [9.17, 15) is 0 Å². The fourth-order valence-electron chi connectivity index (χ4n) is 8.39. The predicted octanol–water partition coefficient (Wildman–Crippen LogP) is 13.5. The zero-order valence-electron chi connectivity index (χ0n) is 33.9. The fraction of sp³-hybridized carbons (Fsp3) is 0.0741. The van der Waals surface area contributed by atoms with Crippen molar-refractivity contribution in [2.24, 2.45) is 0 Å². The van der Waals surface area contributed by atoms with Crippen LogP contribution in [-0.4, -0.2) is 14.1 Å². The van der Waals surface area contributed by atoms with Gasteiger partial charge in [-0.1, -0.05) is 123 Å². The minimum Gasteiger partial charge on any atom is -0.509 e. The monoisotopic (exact) mass is 969 g/mol. The summed E-state index contributed by atoms with van der Waals surface area (Å²) < 4.78 is 11.3. The van der Waals surface area contributed by atoms with Crippen LogP contribution in [0.25, 0.3) is 66.2 Å². The summed E-state index contributed by atoms with van der Waals surface area (Å²) in [7, 11) is 0. The van der Waals surface area contributed by atoms with E-state index in [-0.39, 0.29) is 26.5 Å². The Balaban J connectivity index is 0.00000445. The first kappa shape index (κ1) is 38.3. The van der Waals surface area contributed by atoms with E-state index in [1.165, 1.54) is 5.56 Å². The van der Waals surface area contributed by atoms with E-state index in [4.69, 9.17) is 9.72 Å². The number of para-hydroxylation sites is 3. The number of pyridine rings is 1. The fourth-order valence-corrected chi connectivity index (χ4v) is 8.39. The average Bonchev–Trinajstić information content (AvgIpc) is 4.00. The quantitative estimate of drug-likeness (QED) is 0.149. The Morgan fingerprint density at radius 3 is 1.98 bits per heavy atom. The maximum absolute atomic E-state index is 6.77. The Labute approximate surface area is 369 Å². The molecule has 0 bridgehead atoms. The van der Waals surface area contributed by atoms with Crippen LogP contribution in [0.2, 0.25) is 0 Å². The molecular weight excluding hydrogens is 930 g/mol. The number of benzene rings is 7. The largest absolute Gasteiger partial charge is 0.509 e. The summed E-state index contributed by atoms with van der Waals surface area (Å²) >= 11 is 0. The van der Waals surface area contributed by atoms with Gasteiger partial charge >= 0.3 is 0 Å². The average molecular weight is 970 g/mol. The van der Waals surface area contributed by atoms with Crippen LogP contribution in [0.4, 0.5) is 11.4 Å². The molecule has 0 saturated carbocycles. The Bertz CT molecular complexity index is 3260. The number of nitrogens with zero attached hydrogens (tertiary/aromatic N) is 5. The van der Waals surface area contributed by atoms with Crippen molar-refractivity contribution >= 4 is 55.0 Å². The number of hydrogen-bond acceptors (Lipinski definition) is 4. The molecule has 3 aromatic heterocycles. The van der Waals surface area contributed by atoms with Crippen LogP contribution in [0.1, 0.15) is 26.3 Å². The molecule has 11 rings (SSSR count). The Morgan fingerprint density at radius 1 is 0.525 bits per heavy atom. The first-order chi connectivity index (χ1) is 29.4. The maximum atomic E-state index is 6.77. The number of anilines is 2. The van der Waals surface area contributed by atoms with Crippen LogP contribution in [-0.2, 0) is 26.5 Å². The maximum Gasteiger partial charge on any atom is 0.137 e. The Kier molecular flexibility index (Phi) is 9.61. The van der Waals surface area contributed by atoms with Gasteiger partial charge < -0.3 is 23.7 Å². The molecule has 300 valence electrons. The zero-order valence-corrected chi connectivity index (χ0v) is 36.1. The molecule has 1 aliphatic heterocycles. The molecular formula is C54H40N5OPt-3. The van der Waals surface area contributed by atoms with E-state index in [1.807, 2.05) is 30.5 Å². The molecule has 10 aromatic rings. The molecule has 6 nitrogen and oxygen atoms in total. The van der Waals surface area contributed by atoms with E-state index in [0.29, 0.717) is 11.5 Å². The molecule has 0 fully saturated rings. The van der Waals surface area contributed by atoms with Crippen molar-refractivity contribution in [1.29, 1.82) is 0 Å². The van der Waals surface area contributed by atoms with Crippen molar-refractivity contribution in [1.82, 2.24) is 14.1 Å². The number of ether oxygens (including phenoxy) is 1. The van der Waals surface area contributed by atoms with Crippen molar-refractivity contribution < 1.29 is 25.8 Å². The third-order valence-electron chi connectivity index (χ3n) is 11.4. The van der Waals surface area contributed by atoms with Gasteiger partial charge in [-0.2, -0.15) is 6.07 Å². The third-order valence-corrected chi connectivity index (χ3v) is 11.4. The summed E-state index contributed by atoms with van der Waals surface area (Å²) in [6.45, 7) is 8.73. The summed E-state index contributed by atoms with van der Waals surface area (Å²) in [6.07, 6.45) is 6.12. The molecule has 7 heteroatoms. The summed E-state index contributed by atoms with van der Waals surface area (Å²) in [5.74, 6) is 2.01. The summed E-state index contributed by atoms with van der Waals surface area (Å²) in [5, 5.41) is 4.43. The Hall–Kier alpha value is -6.88. The first-order valence-corrected chi connectivity index (χ1v) is 20.3. The number of aromatic nitrogens is 3. The van der Waals surface area contributed by atoms with Crippen molar-refractivity contribution in [2.75, 3.05) is 9.80 Å². The molecule has 0 radical (unpaired) electrons. The van der Waals surface area contributed by atoms with Gasteiger partial charge in [0.2, 0.25) is 0 Å². The topological polar surface area (TPSA) is 38.5 Å². The summed E-state index contributed by atoms with van der Waals surface area (Å²) in [6, 6.07) is 64.6. The van der Waals surface area contributed by atoms with Crippen LogP contribution in [0.3, 0.4) is 0 Å². The van der Waals surface area contributed by atoms with Gasteiger partial charge in [0.05, 0.1) is 11.0 Å². The second-order valence-corrected chi connectivity index (χ2v) is 16.3. The van der Waals surface area contributed by atoms with Gasteiger partial charge in [0.15, 0.2) is 0 Å². The molecule has 0 saturated heterocycles. The van der Waals surface area contributed by atoms with Crippen LogP contribution in [0.15, 0.2) is 182 Å². The van der Waals surface area contributed by atoms with Gasteiger partial charge in [-0.15, -0.1) is 53.6 Å². The van der Waals surface area contributed by atoms with E-state index >= 15 is 0 Å². The van der Waals surface area contributed by atoms with Crippen LogP contribution in [0.5, 0.6) is 11.5 Å². The smallest absolute Gasteiger partial charge is 0.137 e. The number of hydrogen-bond donors (Lipinski definition) is 0. The number of fused-ring (bicyclic) bond motifs is 6. The standard InChI is InChI=1S/C54H40N5O.Pt/c1-54(2,3)39-30-42(57-28-27-56(36-57)40-17-9-5-10-18-40)32-44(31-39)60-43-24-25-46-47-29-38(37-15-7-4-8-16-37)23-26-50(47)59(51(46)33-43)53-34-52-48(35-55-53)45-21-13-14-22-49(45)58(52)41-19-11-6-12-20-41;/h4-31,34-36H,1-3H3;/q-3;. The molecule has 0 unspecified atom stereocenters. The summed E-state index contributed by atoms with van der Waals surface area (Å²) in [5.41, 5.74) is 10.5. The minimum atomic E-state index is -0.131. The van der Waals surface area contributed by atoms with Crippen molar-refractivity contribution in [3.63, 3.8) is 0 Å². The third kappa shape index (κ3) is 6.87. The van der Waals surface area contributed by atoms with Crippen molar-refractivity contribution in [2.45, 2.75) is 26.2 Å². The summed E-state index contributed by atoms with van der Waals surface area (Å²) in [4.78, 5) is 9.37. The van der Waals surface area contributed by atoms with Gasteiger partial charge in [0.1, 0.15) is 5.82 Å². The van der Waals surface area contributed by atoms with Gasteiger partial charge in [-0.25, -0.2) is 4.98 Å². The Morgan fingerprint density at radius 2 is 1.21 bits per heavy atom. The molecule has 0 aliphatic carbocycles.